The standard InChI is InChI=1S/C18H31N3O2.HI/c1-5-19-18(20-11-6-12-22-4)21-13-16-7-9-17(10-8-16)23-14-15(2)3;/h7-10,15H,5-6,11-14H2,1-4H3,(H2,19,20,21);1H. The fourth-order valence-corrected chi connectivity index (χ4v) is 1.89. The molecule has 0 unspecified atom stereocenters. The Hall–Kier alpha value is -1.02. The second kappa shape index (κ2) is 14.3. The van der Waals surface area contributed by atoms with E-state index in [1.165, 1.54) is 0 Å². The van der Waals surface area contributed by atoms with E-state index >= 15 is 0 Å². The number of hydrogen-bond donors (Lipinski definition) is 2. The van der Waals surface area contributed by atoms with Crippen LogP contribution in [-0.4, -0.2) is 39.4 Å². The molecule has 0 fully saturated rings. The van der Waals surface area contributed by atoms with Crippen molar-refractivity contribution in [2.24, 2.45) is 10.9 Å². The number of benzene rings is 1. The van der Waals surface area contributed by atoms with Gasteiger partial charge in [-0.2, -0.15) is 0 Å². The van der Waals surface area contributed by atoms with Gasteiger partial charge in [0.05, 0.1) is 13.2 Å². The monoisotopic (exact) mass is 449 g/mol. The molecule has 2 N–H and O–H groups in total. The lowest BCUT2D eigenvalue weighted by molar-refractivity contribution is 0.195. The quantitative estimate of drug-likeness (QED) is 0.249. The van der Waals surface area contributed by atoms with E-state index in [9.17, 15) is 0 Å². The van der Waals surface area contributed by atoms with Crippen LogP contribution in [-0.2, 0) is 11.3 Å². The molecule has 5 nitrogen and oxygen atoms in total. The zero-order chi connectivity index (χ0) is 16.9. The summed E-state index contributed by atoms with van der Waals surface area (Å²) in [5, 5.41) is 6.55. The molecule has 0 aromatic heterocycles. The first-order valence-corrected chi connectivity index (χ1v) is 8.38. The van der Waals surface area contributed by atoms with Crippen LogP contribution in [0.2, 0.25) is 0 Å². The van der Waals surface area contributed by atoms with Gasteiger partial charge in [0.1, 0.15) is 5.75 Å². The van der Waals surface area contributed by atoms with Gasteiger partial charge in [-0.1, -0.05) is 26.0 Å². The van der Waals surface area contributed by atoms with Crippen molar-refractivity contribution in [2.45, 2.75) is 33.7 Å². The van der Waals surface area contributed by atoms with E-state index in [-0.39, 0.29) is 24.0 Å². The number of ether oxygens (including phenoxy) is 2. The average Bonchev–Trinajstić information content (AvgIpc) is 2.55. The molecule has 24 heavy (non-hydrogen) atoms. The normalized spacial score (nSPS) is 11.1. The summed E-state index contributed by atoms with van der Waals surface area (Å²) < 4.78 is 10.7. The number of nitrogens with one attached hydrogen (secondary N) is 2. The van der Waals surface area contributed by atoms with Crippen LogP contribution in [0.15, 0.2) is 29.3 Å². The third kappa shape index (κ3) is 10.7. The fraction of sp³-hybridized carbons (Fsp3) is 0.611. The third-order valence-electron chi connectivity index (χ3n) is 3.09. The molecule has 1 aromatic carbocycles. The number of guanidine groups is 1. The van der Waals surface area contributed by atoms with E-state index in [1.54, 1.807) is 7.11 Å². The van der Waals surface area contributed by atoms with E-state index in [1.807, 2.05) is 12.1 Å². The van der Waals surface area contributed by atoms with E-state index in [0.717, 1.165) is 50.0 Å². The molecule has 0 saturated heterocycles. The molecular weight excluding hydrogens is 417 g/mol. The minimum absolute atomic E-state index is 0. The van der Waals surface area contributed by atoms with E-state index in [4.69, 9.17) is 9.47 Å². The first-order valence-electron chi connectivity index (χ1n) is 8.38. The van der Waals surface area contributed by atoms with Crippen molar-refractivity contribution >= 4 is 29.9 Å². The minimum atomic E-state index is 0. The van der Waals surface area contributed by atoms with E-state index in [0.29, 0.717) is 12.5 Å². The highest BCUT2D eigenvalue weighted by Crippen LogP contribution is 2.13. The van der Waals surface area contributed by atoms with Gasteiger partial charge in [0, 0.05) is 26.8 Å². The Kier molecular flexibility index (Phi) is 13.7. The number of halogens is 1. The van der Waals surface area contributed by atoms with Crippen LogP contribution >= 0.6 is 24.0 Å². The van der Waals surface area contributed by atoms with Crippen molar-refractivity contribution in [2.75, 3.05) is 33.4 Å². The van der Waals surface area contributed by atoms with Gasteiger partial charge in [0.25, 0.3) is 0 Å². The van der Waals surface area contributed by atoms with Crippen LogP contribution < -0.4 is 15.4 Å². The van der Waals surface area contributed by atoms with Gasteiger partial charge < -0.3 is 20.1 Å². The molecule has 0 spiro atoms. The fourth-order valence-electron chi connectivity index (χ4n) is 1.89. The third-order valence-corrected chi connectivity index (χ3v) is 3.09. The summed E-state index contributed by atoms with van der Waals surface area (Å²) in [4.78, 5) is 4.60. The summed E-state index contributed by atoms with van der Waals surface area (Å²) in [5.41, 5.74) is 1.16. The van der Waals surface area contributed by atoms with Crippen molar-refractivity contribution in [3.63, 3.8) is 0 Å². The summed E-state index contributed by atoms with van der Waals surface area (Å²) in [5.74, 6) is 2.28. The average molecular weight is 449 g/mol. The summed E-state index contributed by atoms with van der Waals surface area (Å²) in [6.07, 6.45) is 0.961. The highest BCUT2D eigenvalue weighted by atomic mass is 127. The molecule has 138 valence electrons. The van der Waals surface area contributed by atoms with Gasteiger partial charge in [-0.15, -0.1) is 24.0 Å². The van der Waals surface area contributed by atoms with Gasteiger partial charge >= 0.3 is 0 Å². The van der Waals surface area contributed by atoms with Gasteiger partial charge in [-0.3, -0.25) is 0 Å². The zero-order valence-corrected chi connectivity index (χ0v) is 17.6. The first-order chi connectivity index (χ1) is 11.2. The summed E-state index contributed by atoms with van der Waals surface area (Å²) in [6, 6.07) is 8.14. The summed E-state index contributed by atoms with van der Waals surface area (Å²) in [7, 11) is 1.72. The number of methoxy groups -OCH3 is 1. The number of aliphatic imine (C=N–C) groups is 1. The SMILES string of the molecule is CCNC(=NCc1ccc(OCC(C)C)cc1)NCCCOC.I. The Labute approximate surface area is 163 Å². The maximum absolute atomic E-state index is 5.69. The van der Waals surface area contributed by atoms with Gasteiger partial charge in [-0.25, -0.2) is 4.99 Å². The van der Waals surface area contributed by atoms with Crippen LogP contribution in [0.1, 0.15) is 32.8 Å². The van der Waals surface area contributed by atoms with Crippen LogP contribution in [0.3, 0.4) is 0 Å². The van der Waals surface area contributed by atoms with E-state index < -0.39 is 0 Å². The Balaban J connectivity index is 0.00000529. The number of rotatable bonds is 10. The Morgan fingerprint density at radius 1 is 1.17 bits per heavy atom. The van der Waals surface area contributed by atoms with Crippen LogP contribution in [0.5, 0.6) is 5.75 Å². The molecule has 1 aromatic rings. The largest absolute Gasteiger partial charge is 0.493 e. The molecule has 0 radical (unpaired) electrons. The highest BCUT2D eigenvalue weighted by Gasteiger charge is 2.00. The van der Waals surface area contributed by atoms with Crippen molar-refractivity contribution in [3.8, 4) is 5.75 Å². The Morgan fingerprint density at radius 3 is 2.46 bits per heavy atom. The second-order valence-corrected chi connectivity index (χ2v) is 5.82. The molecule has 0 saturated carbocycles. The molecule has 0 amide bonds. The summed E-state index contributed by atoms with van der Waals surface area (Å²) in [6.45, 7) is 10.2. The highest BCUT2D eigenvalue weighted by molar-refractivity contribution is 14.0. The lowest BCUT2D eigenvalue weighted by Gasteiger charge is -2.11. The molecule has 0 bridgehead atoms. The van der Waals surface area contributed by atoms with Crippen molar-refractivity contribution in [1.29, 1.82) is 0 Å². The predicted molar refractivity (Wildman–Crippen MR) is 112 cm³/mol. The molecule has 1 rings (SSSR count). The Bertz CT molecular complexity index is 450. The smallest absolute Gasteiger partial charge is 0.191 e. The lowest BCUT2D eigenvalue weighted by atomic mass is 10.2. The van der Waals surface area contributed by atoms with Crippen LogP contribution in [0.25, 0.3) is 0 Å². The maximum atomic E-state index is 5.69. The number of nitrogens with zero attached hydrogens (tertiary/aromatic N) is 1. The lowest BCUT2D eigenvalue weighted by Crippen LogP contribution is -2.38. The molecule has 0 heterocycles. The molecule has 6 heteroatoms. The second-order valence-electron chi connectivity index (χ2n) is 5.82. The molecular formula is C18H32IN3O2. The first kappa shape index (κ1) is 23.0. The topological polar surface area (TPSA) is 54.9 Å². The molecule has 0 aliphatic heterocycles. The van der Waals surface area contributed by atoms with Gasteiger partial charge in [-0.05, 0) is 37.0 Å². The van der Waals surface area contributed by atoms with Gasteiger partial charge in [0.2, 0.25) is 0 Å². The van der Waals surface area contributed by atoms with Crippen molar-refractivity contribution < 1.29 is 9.47 Å². The van der Waals surface area contributed by atoms with Crippen LogP contribution in [0.4, 0.5) is 0 Å². The minimum Gasteiger partial charge on any atom is -0.493 e. The van der Waals surface area contributed by atoms with Gasteiger partial charge in [0.15, 0.2) is 5.96 Å². The Morgan fingerprint density at radius 2 is 1.88 bits per heavy atom. The molecule has 0 aliphatic rings. The van der Waals surface area contributed by atoms with Crippen molar-refractivity contribution in [3.05, 3.63) is 29.8 Å². The van der Waals surface area contributed by atoms with Crippen LogP contribution in [0, 0.1) is 5.92 Å². The molecule has 0 aliphatic carbocycles. The van der Waals surface area contributed by atoms with E-state index in [2.05, 4.69) is 48.5 Å². The zero-order valence-electron chi connectivity index (χ0n) is 15.3. The summed E-state index contributed by atoms with van der Waals surface area (Å²) >= 11 is 0. The van der Waals surface area contributed by atoms with Crippen molar-refractivity contribution in [1.82, 2.24) is 10.6 Å². The predicted octanol–water partition coefficient (Wildman–Crippen LogP) is 3.43. The number of hydrogen-bond acceptors (Lipinski definition) is 3. The molecule has 0 atom stereocenters. The maximum Gasteiger partial charge on any atom is 0.191 e.